The Balaban J connectivity index is 3.17. The van der Waals surface area contributed by atoms with Crippen molar-refractivity contribution in [2.75, 3.05) is 0 Å². The number of hydrogen-bond donors (Lipinski definition) is 0. The molecule has 106 valence electrons. The third kappa shape index (κ3) is 4.74. The molecule has 0 aromatic heterocycles. The van der Waals surface area contributed by atoms with Crippen molar-refractivity contribution in [1.82, 2.24) is 0 Å². The summed E-state index contributed by atoms with van der Waals surface area (Å²) in [5.74, 6) is 6.70. The van der Waals surface area contributed by atoms with Gasteiger partial charge in [0.2, 0.25) is 0 Å². The number of benzene rings is 1. The SMILES string of the molecule is CC/C=C(CC)/C(CC)=C(/C#Cc1ccccc1)CC. The molecule has 0 heterocycles. The Hall–Kier alpha value is -1.74. The third-order valence-electron chi connectivity index (χ3n) is 3.42. The minimum Gasteiger partial charge on any atom is -0.0813 e. The average molecular weight is 266 g/mol. The smallest absolute Gasteiger partial charge is 0.0248 e. The molecular weight excluding hydrogens is 240 g/mol. The van der Waals surface area contributed by atoms with Crippen molar-refractivity contribution in [3.05, 3.63) is 58.7 Å². The molecule has 0 spiro atoms. The molecular formula is C20H26. The molecule has 0 atom stereocenters. The van der Waals surface area contributed by atoms with Crippen LogP contribution in [0.4, 0.5) is 0 Å². The predicted molar refractivity (Wildman–Crippen MR) is 89.6 cm³/mol. The molecule has 0 amide bonds. The summed E-state index contributed by atoms with van der Waals surface area (Å²) in [6.45, 7) is 8.86. The second-order valence-corrected chi connectivity index (χ2v) is 4.77. The van der Waals surface area contributed by atoms with E-state index in [9.17, 15) is 0 Å². The second-order valence-electron chi connectivity index (χ2n) is 4.77. The van der Waals surface area contributed by atoms with Crippen LogP contribution in [-0.4, -0.2) is 0 Å². The molecule has 1 aromatic carbocycles. The Morgan fingerprint density at radius 1 is 0.950 bits per heavy atom. The van der Waals surface area contributed by atoms with E-state index < -0.39 is 0 Å². The van der Waals surface area contributed by atoms with E-state index in [1.54, 1.807) is 0 Å². The summed E-state index contributed by atoms with van der Waals surface area (Å²) in [7, 11) is 0. The van der Waals surface area contributed by atoms with Gasteiger partial charge in [-0.2, -0.15) is 0 Å². The first-order chi connectivity index (χ1) is 9.76. The van der Waals surface area contributed by atoms with Crippen molar-refractivity contribution in [2.45, 2.75) is 53.4 Å². The van der Waals surface area contributed by atoms with Gasteiger partial charge in [-0.25, -0.2) is 0 Å². The van der Waals surface area contributed by atoms with Crippen LogP contribution >= 0.6 is 0 Å². The maximum absolute atomic E-state index is 3.40. The lowest BCUT2D eigenvalue weighted by Crippen LogP contribution is -1.94. The van der Waals surface area contributed by atoms with Gasteiger partial charge in [0.05, 0.1) is 0 Å². The van der Waals surface area contributed by atoms with Crippen molar-refractivity contribution in [3.8, 4) is 11.8 Å². The molecule has 1 rings (SSSR count). The number of rotatable bonds is 5. The van der Waals surface area contributed by atoms with Gasteiger partial charge < -0.3 is 0 Å². The maximum atomic E-state index is 3.40. The molecule has 0 heteroatoms. The van der Waals surface area contributed by atoms with Gasteiger partial charge in [0.15, 0.2) is 0 Å². The monoisotopic (exact) mass is 266 g/mol. The first-order valence-electron chi connectivity index (χ1n) is 7.75. The van der Waals surface area contributed by atoms with E-state index in [0.29, 0.717) is 0 Å². The molecule has 0 saturated carbocycles. The molecule has 0 N–H and O–H groups in total. The van der Waals surface area contributed by atoms with E-state index in [0.717, 1.165) is 31.2 Å². The topological polar surface area (TPSA) is 0 Å². The van der Waals surface area contributed by atoms with Crippen LogP contribution in [0.1, 0.15) is 58.9 Å². The van der Waals surface area contributed by atoms with Gasteiger partial charge in [0.1, 0.15) is 0 Å². The first-order valence-corrected chi connectivity index (χ1v) is 7.75. The van der Waals surface area contributed by atoms with Gasteiger partial charge in [-0.05, 0) is 49.0 Å². The van der Waals surface area contributed by atoms with Gasteiger partial charge in [-0.3, -0.25) is 0 Å². The Labute approximate surface area is 124 Å². The lowest BCUT2D eigenvalue weighted by atomic mass is 9.93. The maximum Gasteiger partial charge on any atom is 0.0248 e. The van der Waals surface area contributed by atoms with Crippen LogP contribution in [0.15, 0.2) is 53.1 Å². The summed E-state index contributed by atoms with van der Waals surface area (Å²) >= 11 is 0. The first kappa shape index (κ1) is 16.3. The van der Waals surface area contributed by atoms with Crippen molar-refractivity contribution < 1.29 is 0 Å². The Morgan fingerprint density at radius 3 is 2.15 bits per heavy atom. The summed E-state index contributed by atoms with van der Waals surface area (Å²) in [6, 6.07) is 10.2. The van der Waals surface area contributed by atoms with Gasteiger partial charge in [-0.15, -0.1) is 0 Å². The molecule has 1 aromatic rings. The van der Waals surface area contributed by atoms with E-state index in [2.05, 4.69) is 57.7 Å². The molecule has 0 aliphatic heterocycles. The van der Waals surface area contributed by atoms with E-state index >= 15 is 0 Å². The summed E-state index contributed by atoms with van der Waals surface area (Å²) in [5, 5.41) is 0. The van der Waals surface area contributed by atoms with Crippen LogP contribution in [0.2, 0.25) is 0 Å². The fraction of sp³-hybridized carbons (Fsp3) is 0.400. The number of hydrogen-bond acceptors (Lipinski definition) is 0. The van der Waals surface area contributed by atoms with Crippen LogP contribution in [0.5, 0.6) is 0 Å². The molecule has 0 nitrogen and oxygen atoms in total. The molecule has 20 heavy (non-hydrogen) atoms. The molecule has 0 bridgehead atoms. The van der Waals surface area contributed by atoms with E-state index in [-0.39, 0.29) is 0 Å². The zero-order valence-corrected chi connectivity index (χ0v) is 13.3. The fourth-order valence-electron chi connectivity index (χ4n) is 2.41. The zero-order chi connectivity index (χ0) is 14.8. The standard InChI is InChI=1S/C20H26/c1-5-12-18(6-2)20(8-4)19(7-3)16-15-17-13-10-9-11-14-17/h9-14H,5-8H2,1-4H3/b18-12+,20-19+. The van der Waals surface area contributed by atoms with E-state index in [4.69, 9.17) is 0 Å². The minimum absolute atomic E-state index is 1.00. The highest BCUT2D eigenvalue weighted by Crippen LogP contribution is 2.23. The lowest BCUT2D eigenvalue weighted by molar-refractivity contribution is 0.968. The Kier molecular flexibility index (Phi) is 7.51. The Morgan fingerprint density at radius 2 is 1.65 bits per heavy atom. The zero-order valence-electron chi connectivity index (χ0n) is 13.3. The van der Waals surface area contributed by atoms with Crippen LogP contribution < -0.4 is 0 Å². The number of allylic oxidation sites excluding steroid dienone is 4. The highest BCUT2D eigenvalue weighted by molar-refractivity contribution is 5.47. The van der Waals surface area contributed by atoms with E-state index in [1.165, 1.54) is 16.7 Å². The predicted octanol–water partition coefficient (Wildman–Crippen LogP) is 5.90. The van der Waals surface area contributed by atoms with Gasteiger partial charge in [0, 0.05) is 11.1 Å². The van der Waals surface area contributed by atoms with Crippen molar-refractivity contribution in [2.24, 2.45) is 0 Å². The molecule has 0 saturated heterocycles. The fourth-order valence-corrected chi connectivity index (χ4v) is 2.41. The van der Waals surface area contributed by atoms with Crippen LogP contribution in [0.3, 0.4) is 0 Å². The highest BCUT2D eigenvalue weighted by atomic mass is 14.1. The third-order valence-corrected chi connectivity index (χ3v) is 3.42. The van der Waals surface area contributed by atoms with Crippen LogP contribution in [0, 0.1) is 11.8 Å². The molecule has 0 unspecified atom stereocenters. The van der Waals surface area contributed by atoms with E-state index in [1.807, 2.05) is 18.2 Å². The molecule has 0 fully saturated rings. The summed E-state index contributed by atoms with van der Waals surface area (Å²) in [6.07, 6.45) is 6.60. The summed E-state index contributed by atoms with van der Waals surface area (Å²) in [5.41, 5.74) is 5.29. The summed E-state index contributed by atoms with van der Waals surface area (Å²) in [4.78, 5) is 0. The van der Waals surface area contributed by atoms with Crippen molar-refractivity contribution in [3.63, 3.8) is 0 Å². The van der Waals surface area contributed by atoms with Gasteiger partial charge >= 0.3 is 0 Å². The Bertz CT molecular complexity index is 518. The largest absolute Gasteiger partial charge is 0.0813 e. The summed E-state index contributed by atoms with van der Waals surface area (Å²) < 4.78 is 0. The van der Waals surface area contributed by atoms with Crippen molar-refractivity contribution in [1.29, 1.82) is 0 Å². The van der Waals surface area contributed by atoms with Gasteiger partial charge in [0.25, 0.3) is 0 Å². The van der Waals surface area contributed by atoms with Crippen LogP contribution in [0.25, 0.3) is 0 Å². The van der Waals surface area contributed by atoms with Gasteiger partial charge in [-0.1, -0.05) is 63.8 Å². The normalized spacial score (nSPS) is 12.5. The molecule has 0 radical (unpaired) electrons. The quantitative estimate of drug-likeness (QED) is 0.459. The second kappa shape index (κ2) is 9.21. The molecule has 0 aliphatic rings. The minimum atomic E-state index is 1.00. The lowest BCUT2D eigenvalue weighted by Gasteiger charge is -2.11. The average Bonchev–Trinajstić information content (AvgIpc) is 2.50. The van der Waals surface area contributed by atoms with Crippen LogP contribution in [-0.2, 0) is 0 Å². The molecule has 0 aliphatic carbocycles. The highest BCUT2D eigenvalue weighted by Gasteiger charge is 2.05. The van der Waals surface area contributed by atoms with Crippen molar-refractivity contribution >= 4 is 0 Å².